The monoisotopic (exact) mass is 336 g/mol. The maximum Gasteiger partial charge on any atom is 0.275 e. The van der Waals surface area contributed by atoms with Crippen molar-refractivity contribution in [3.8, 4) is 11.3 Å². The molecule has 6 heteroatoms. The van der Waals surface area contributed by atoms with Gasteiger partial charge in [0.05, 0.1) is 5.52 Å². The van der Waals surface area contributed by atoms with Crippen LogP contribution < -0.4 is 0 Å². The van der Waals surface area contributed by atoms with Crippen LogP contribution in [0.25, 0.3) is 22.2 Å². The van der Waals surface area contributed by atoms with E-state index in [4.69, 9.17) is 4.42 Å². The molecule has 2 saturated heterocycles. The Morgan fingerprint density at radius 3 is 2.80 bits per heavy atom. The predicted molar refractivity (Wildman–Crippen MR) is 94.4 cm³/mol. The third kappa shape index (κ3) is 2.21. The molecule has 2 bridgehead atoms. The Morgan fingerprint density at radius 1 is 1.24 bits per heavy atom. The summed E-state index contributed by atoms with van der Waals surface area (Å²) < 4.78 is 5.68. The van der Waals surface area contributed by atoms with E-state index in [1.807, 2.05) is 42.2 Å². The molecular weight excluding hydrogens is 316 g/mol. The lowest BCUT2D eigenvalue weighted by molar-refractivity contribution is 0.0646. The van der Waals surface area contributed by atoms with Gasteiger partial charge in [0.15, 0.2) is 5.69 Å². The number of likely N-dealkylation sites (tertiary alicyclic amines) is 2. The van der Waals surface area contributed by atoms with Gasteiger partial charge < -0.3 is 9.32 Å². The molecule has 1 N–H and O–H groups in total. The van der Waals surface area contributed by atoms with E-state index < -0.39 is 0 Å². The quantitative estimate of drug-likeness (QED) is 0.781. The maximum atomic E-state index is 13.0. The summed E-state index contributed by atoms with van der Waals surface area (Å²) in [5.74, 6) is 1.74. The number of carbonyl (C=O) groups is 1. The van der Waals surface area contributed by atoms with Crippen LogP contribution >= 0.6 is 0 Å². The fourth-order valence-electron chi connectivity index (χ4n) is 4.18. The van der Waals surface area contributed by atoms with Crippen molar-refractivity contribution in [3.63, 3.8) is 0 Å². The lowest BCUT2D eigenvalue weighted by Crippen LogP contribution is -2.47. The summed E-state index contributed by atoms with van der Waals surface area (Å²) in [6.07, 6.45) is 1.08. The van der Waals surface area contributed by atoms with Crippen molar-refractivity contribution in [2.24, 2.45) is 0 Å². The predicted octanol–water partition coefficient (Wildman–Crippen LogP) is 2.66. The number of amides is 1. The lowest BCUT2D eigenvalue weighted by atomic mass is 10.1. The SMILES string of the molecule is Cc1ccc(-c2ccc3c(C(=O)N4C[C@@H]5C[C@H]4CN5C)n[nH]c3c2)o1. The lowest BCUT2D eigenvalue weighted by Gasteiger charge is -2.31. The van der Waals surface area contributed by atoms with Crippen molar-refractivity contribution in [2.45, 2.75) is 25.4 Å². The first-order valence-electron chi connectivity index (χ1n) is 8.66. The standard InChI is InChI=1S/C19H20N4O2/c1-11-3-6-17(25-11)12-4-5-15-16(7-12)20-21-18(15)19(24)23-10-13-8-14(23)9-22(13)2/h3-7,13-14H,8-10H2,1-2H3,(H,20,21)/t13-,14-/m0/s1. The molecule has 4 heterocycles. The Hall–Kier alpha value is -2.60. The first-order chi connectivity index (χ1) is 12.1. The van der Waals surface area contributed by atoms with Gasteiger partial charge in [0.2, 0.25) is 0 Å². The molecule has 2 aromatic heterocycles. The van der Waals surface area contributed by atoms with Gasteiger partial charge in [0.1, 0.15) is 11.5 Å². The van der Waals surface area contributed by atoms with Crippen molar-refractivity contribution in [2.75, 3.05) is 20.1 Å². The van der Waals surface area contributed by atoms with Gasteiger partial charge in [-0.15, -0.1) is 0 Å². The summed E-state index contributed by atoms with van der Waals surface area (Å²) in [5, 5.41) is 8.20. The van der Waals surface area contributed by atoms with Crippen LogP contribution in [0.4, 0.5) is 0 Å². The molecule has 0 saturated carbocycles. The molecule has 0 spiro atoms. The van der Waals surface area contributed by atoms with Crippen LogP contribution in [0, 0.1) is 6.92 Å². The molecule has 5 rings (SSSR count). The molecule has 1 aromatic carbocycles. The van der Waals surface area contributed by atoms with Gasteiger partial charge in [-0.3, -0.25) is 14.8 Å². The van der Waals surface area contributed by atoms with Crippen molar-refractivity contribution < 1.29 is 9.21 Å². The Labute approximate surface area is 145 Å². The molecule has 128 valence electrons. The molecule has 0 radical (unpaired) electrons. The number of carbonyl (C=O) groups excluding carboxylic acids is 1. The second kappa shape index (κ2) is 5.20. The summed E-state index contributed by atoms with van der Waals surface area (Å²) >= 11 is 0. The Kier molecular flexibility index (Phi) is 3.06. The van der Waals surface area contributed by atoms with E-state index in [-0.39, 0.29) is 5.91 Å². The molecule has 2 atom stereocenters. The molecule has 0 unspecified atom stereocenters. The van der Waals surface area contributed by atoms with Crippen LogP contribution in [0.2, 0.25) is 0 Å². The van der Waals surface area contributed by atoms with Crippen LogP contribution in [0.5, 0.6) is 0 Å². The molecule has 1 amide bonds. The second-order valence-corrected chi connectivity index (χ2v) is 7.18. The van der Waals surface area contributed by atoms with Gasteiger partial charge in [-0.1, -0.05) is 6.07 Å². The molecule has 2 aliphatic heterocycles. The number of hydrogen-bond acceptors (Lipinski definition) is 4. The van der Waals surface area contributed by atoms with Crippen LogP contribution in [0.1, 0.15) is 22.7 Å². The van der Waals surface area contributed by atoms with Gasteiger partial charge >= 0.3 is 0 Å². The molecule has 3 aromatic rings. The van der Waals surface area contributed by atoms with Crippen LogP contribution in [-0.2, 0) is 0 Å². The topological polar surface area (TPSA) is 65.4 Å². The van der Waals surface area contributed by atoms with Gasteiger partial charge in [-0.2, -0.15) is 5.10 Å². The normalized spacial score (nSPS) is 23.0. The number of H-pyrrole nitrogens is 1. The Morgan fingerprint density at radius 2 is 2.12 bits per heavy atom. The molecule has 0 aliphatic carbocycles. The van der Waals surface area contributed by atoms with E-state index in [0.717, 1.165) is 47.5 Å². The van der Waals surface area contributed by atoms with E-state index >= 15 is 0 Å². The zero-order valence-corrected chi connectivity index (χ0v) is 14.3. The first kappa shape index (κ1) is 14.7. The smallest absolute Gasteiger partial charge is 0.275 e. The van der Waals surface area contributed by atoms with Crippen molar-refractivity contribution in [1.29, 1.82) is 0 Å². The summed E-state index contributed by atoms with van der Waals surface area (Å²) in [6, 6.07) is 10.6. The van der Waals surface area contributed by atoms with Gasteiger partial charge in [0, 0.05) is 36.1 Å². The second-order valence-electron chi connectivity index (χ2n) is 7.18. The highest BCUT2D eigenvalue weighted by Crippen LogP contribution is 2.32. The molecule has 6 nitrogen and oxygen atoms in total. The zero-order valence-electron chi connectivity index (χ0n) is 14.3. The zero-order chi connectivity index (χ0) is 17.1. The third-order valence-corrected chi connectivity index (χ3v) is 5.57. The average molecular weight is 336 g/mol. The number of rotatable bonds is 2. The molecular formula is C19H20N4O2. The largest absolute Gasteiger partial charge is 0.461 e. The number of aromatic nitrogens is 2. The fraction of sp³-hybridized carbons (Fsp3) is 0.368. The number of hydrogen-bond donors (Lipinski definition) is 1. The first-order valence-corrected chi connectivity index (χ1v) is 8.66. The van der Waals surface area contributed by atoms with Gasteiger partial charge in [-0.25, -0.2) is 0 Å². The fourth-order valence-corrected chi connectivity index (χ4v) is 4.18. The van der Waals surface area contributed by atoms with E-state index in [0.29, 0.717) is 17.8 Å². The molecule has 25 heavy (non-hydrogen) atoms. The maximum absolute atomic E-state index is 13.0. The number of benzene rings is 1. The van der Waals surface area contributed by atoms with E-state index in [1.165, 1.54) is 0 Å². The van der Waals surface area contributed by atoms with Crippen molar-refractivity contribution in [1.82, 2.24) is 20.0 Å². The highest BCUT2D eigenvalue weighted by atomic mass is 16.3. The Bertz CT molecular complexity index is 971. The van der Waals surface area contributed by atoms with Crippen LogP contribution in [-0.4, -0.2) is 58.1 Å². The average Bonchev–Trinajstić information content (AvgIpc) is 3.35. The highest BCUT2D eigenvalue weighted by molar-refractivity contribution is 6.05. The van der Waals surface area contributed by atoms with Crippen molar-refractivity contribution in [3.05, 3.63) is 41.8 Å². The van der Waals surface area contributed by atoms with Crippen molar-refractivity contribution >= 4 is 16.8 Å². The summed E-state index contributed by atoms with van der Waals surface area (Å²) in [7, 11) is 2.13. The number of furan rings is 1. The number of piperazine rings is 1. The minimum Gasteiger partial charge on any atom is -0.461 e. The number of fused-ring (bicyclic) bond motifs is 3. The number of likely N-dealkylation sites (N-methyl/N-ethyl adjacent to an activating group) is 1. The molecule has 2 fully saturated rings. The van der Waals surface area contributed by atoms with E-state index in [9.17, 15) is 4.79 Å². The Balaban J connectivity index is 1.47. The summed E-state index contributed by atoms with van der Waals surface area (Å²) in [5.41, 5.74) is 2.36. The van der Waals surface area contributed by atoms with E-state index in [2.05, 4.69) is 22.1 Å². The minimum absolute atomic E-state index is 0.0356. The van der Waals surface area contributed by atoms with Crippen LogP contribution in [0.15, 0.2) is 34.7 Å². The number of aromatic amines is 1. The number of nitrogens with one attached hydrogen (secondary N) is 1. The summed E-state index contributed by atoms with van der Waals surface area (Å²) in [6.45, 7) is 3.69. The van der Waals surface area contributed by atoms with Gasteiger partial charge in [0.25, 0.3) is 5.91 Å². The summed E-state index contributed by atoms with van der Waals surface area (Å²) in [4.78, 5) is 17.3. The van der Waals surface area contributed by atoms with Gasteiger partial charge in [-0.05, 0) is 44.7 Å². The minimum atomic E-state index is 0.0356. The third-order valence-electron chi connectivity index (χ3n) is 5.57. The van der Waals surface area contributed by atoms with Crippen LogP contribution in [0.3, 0.4) is 0 Å². The number of nitrogens with zero attached hydrogens (tertiary/aromatic N) is 3. The van der Waals surface area contributed by atoms with E-state index in [1.54, 1.807) is 0 Å². The molecule has 2 aliphatic rings. The highest BCUT2D eigenvalue weighted by Gasteiger charge is 2.44. The number of aryl methyl sites for hydroxylation is 1.